The molecular formula is C15H13N3OS. The summed E-state index contributed by atoms with van der Waals surface area (Å²) in [4.78, 5) is 4.50. The van der Waals surface area contributed by atoms with Crippen molar-refractivity contribution in [3.05, 3.63) is 59.9 Å². The molecule has 20 heavy (non-hydrogen) atoms. The molecule has 0 saturated carbocycles. The van der Waals surface area contributed by atoms with E-state index in [-0.39, 0.29) is 0 Å². The summed E-state index contributed by atoms with van der Waals surface area (Å²) in [7, 11) is 0. The van der Waals surface area contributed by atoms with Crippen molar-refractivity contribution in [2.75, 3.05) is 5.43 Å². The summed E-state index contributed by atoms with van der Waals surface area (Å²) in [5.41, 5.74) is 5.79. The first-order chi connectivity index (χ1) is 9.83. The van der Waals surface area contributed by atoms with Gasteiger partial charge < -0.3 is 4.42 Å². The van der Waals surface area contributed by atoms with Crippen LogP contribution in [0.25, 0.3) is 11.3 Å². The molecule has 0 unspecified atom stereocenters. The van der Waals surface area contributed by atoms with Crippen LogP contribution in [-0.2, 0) is 0 Å². The van der Waals surface area contributed by atoms with E-state index in [1.165, 1.54) is 11.3 Å². The highest BCUT2D eigenvalue weighted by molar-refractivity contribution is 7.14. The van der Waals surface area contributed by atoms with Crippen LogP contribution in [0.3, 0.4) is 0 Å². The minimum Gasteiger partial charge on any atom is -0.463 e. The maximum atomic E-state index is 5.27. The van der Waals surface area contributed by atoms with E-state index in [0.29, 0.717) is 0 Å². The van der Waals surface area contributed by atoms with Gasteiger partial charge in [0.2, 0.25) is 5.13 Å². The molecular weight excluding hydrogens is 270 g/mol. The smallest absolute Gasteiger partial charge is 0.203 e. The number of nitrogens with zero attached hydrogens (tertiary/aromatic N) is 2. The number of furan rings is 1. The van der Waals surface area contributed by atoms with Crippen LogP contribution in [0.4, 0.5) is 5.13 Å². The topological polar surface area (TPSA) is 50.4 Å². The molecule has 1 N–H and O–H groups in total. The van der Waals surface area contributed by atoms with Crippen LogP contribution in [-0.4, -0.2) is 10.7 Å². The second kappa shape index (κ2) is 5.71. The Hall–Kier alpha value is -2.40. The van der Waals surface area contributed by atoms with E-state index >= 15 is 0 Å². The molecule has 3 rings (SSSR count). The Morgan fingerprint density at radius 2 is 2.05 bits per heavy atom. The average Bonchev–Trinajstić information content (AvgIpc) is 3.17. The fourth-order valence-corrected chi connectivity index (χ4v) is 2.40. The van der Waals surface area contributed by atoms with Crippen molar-refractivity contribution in [1.82, 2.24) is 4.98 Å². The van der Waals surface area contributed by atoms with E-state index in [4.69, 9.17) is 4.42 Å². The zero-order valence-electron chi connectivity index (χ0n) is 10.9. The maximum Gasteiger partial charge on any atom is 0.203 e. The molecule has 0 fully saturated rings. The first kappa shape index (κ1) is 12.6. The number of aromatic nitrogens is 1. The molecule has 0 aliphatic carbocycles. The molecule has 3 aromatic rings. The molecule has 2 heterocycles. The van der Waals surface area contributed by atoms with Crippen molar-refractivity contribution in [2.45, 2.75) is 6.92 Å². The van der Waals surface area contributed by atoms with Crippen LogP contribution in [0.2, 0.25) is 0 Å². The van der Waals surface area contributed by atoms with Gasteiger partial charge in [-0.2, -0.15) is 5.10 Å². The van der Waals surface area contributed by atoms with E-state index in [9.17, 15) is 0 Å². The quantitative estimate of drug-likeness (QED) is 0.575. The zero-order chi connectivity index (χ0) is 13.8. The molecule has 0 amide bonds. The van der Waals surface area contributed by atoms with Crippen molar-refractivity contribution < 1.29 is 4.42 Å². The minimum absolute atomic E-state index is 0.748. The Morgan fingerprint density at radius 1 is 1.20 bits per heavy atom. The molecule has 0 aliphatic heterocycles. The van der Waals surface area contributed by atoms with Crippen LogP contribution in [0.15, 0.2) is 63.6 Å². The Morgan fingerprint density at radius 3 is 2.80 bits per heavy atom. The Balaban J connectivity index is 1.74. The molecule has 100 valence electrons. The van der Waals surface area contributed by atoms with Gasteiger partial charge in [-0.1, -0.05) is 30.3 Å². The van der Waals surface area contributed by atoms with Gasteiger partial charge in [0, 0.05) is 10.9 Å². The Labute approximate surface area is 120 Å². The number of thiazole rings is 1. The molecule has 5 heteroatoms. The molecule has 0 atom stereocenters. The number of hydrogen-bond donors (Lipinski definition) is 1. The molecule has 2 aromatic heterocycles. The average molecular weight is 283 g/mol. The van der Waals surface area contributed by atoms with E-state index in [1.54, 1.807) is 6.26 Å². The molecule has 0 aliphatic rings. The van der Waals surface area contributed by atoms with E-state index in [0.717, 1.165) is 27.9 Å². The number of hydrogen-bond acceptors (Lipinski definition) is 5. The van der Waals surface area contributed by atoms with E-state index < -0.39 is 0 Å². The monoisotopic (exact) mass is 283 g/mol. The standard InChI is InChI=1S/C15H13N3OS/c1-11(14-8-5-9-19-14)17-18-15-16-13(10-20-15)12-6-3-2-4-7-12/h2-10H,1H3,(H,16,18)/b17-11-. The molecule has 4 nitrogen and oxygen atoms in total. The van der Waals surface area contributed by atoms with Crippen molar-refractivity contribution in [3.8, 4) is 11.3 Å². The highest BCUT2D eigenvalue weighted by atomic mass is 32.1. The second-order valence-corrected chi connectivity index (χ2v) is 5.05. The molecule has 0 bridgehead atoms. The normalized spacial score (nSPS) is 11.6. The van der Waals surface area contributed by atoms with Crippen LogP contribution in [0, 0.1) is 0 Å². The van der Waals surface area contributed by atoms with Crippen molar-refractivity contribution in [2.24, 2.45) is 5.10 Å². The lowest BCUT2D eigenvalue weighted by Crippen LogP contribution is -1.97. The third-order valence-electron chi connectivity index (χ3n) is 2.77. The van der Waals surface area contributed by atoms with Gasteiger partial charge in [-0.3, -0.25) is 5.43 Å². The van der Waals surface area contributed by atoms with Gasteiger partial charge >= 0.3 is 0 Å². The molecule has 1 aromatic carbocycles. The van der Waals surface area contributed by atoms with Crippen molar-refractivity contribution >= 4 is 22.2 Å². The fourth-order valence-electron chi connectivity index (χ4n) is 1.74. The predicted molar refractivity (Wildman–Crippen MR) is 82.1 cm³/mol. The number of anilines is 1. The van der Waals surface area contributed by atoms with Crippen molar-refractivity contribution in [3.63, 3.8) is 0 Å². The predicted octanol–water partition coefficient (Wildman–Crippen LogP) is 4.24. The summed E-state index contributed by atoms with van der Waals surface area (Å²) in [6, 6.07) is 13.8. The lowest BCUT2D eigenvalue weighted by Gasteiger charge is -1.97. The molecule has 0 radical (unpaired) electrons. The van der Waals surface area contributed by atoms with Crippen LogP contribution in [0.5, 0.6) is 0 Å². The van der Waals surface area contributed by atoms with E-state index in [2.05, 4.69) is 15.5 Å². The largest absolute Gasteiger partial charge is 0.463 e. The lowest BCUT2D eigenvalue weighted by atomic mass is 10.2. The Bertz CT molecular complexity index is 702. The lowest BCUT2D eigenvalue weighted by molar-refractivity contribution is 0.557. The first-order valence-electron chi connectivity index (χ1n) is 6.18. The van der Waals surface area contributed by atoms with Gasteiger partial charge in [0.15, 0.2) is 0 Å². The minimum atomic E-state index is 0.748. The van der Waals surface area contributed by atoms with Crippen LogP contribution < -0.4 is 5.43 Å². The summed E-state index contributed by atoms with van der Waals surface area (Å²) < 4.78 is 5.27. The fraction of sp³-hybridized carbons (Fsp3) is 0.0667. The highest BCUT2D eigenvalue weighted by Gasteiger charge is 2.04. The highest BCUT2D eigenvalue weighted by Crippen LogP contribution is 2.24. The SMILES string of the molecule is C/C(=N/Nc1nc(-c2ccccc2)cs1)c1ccco1. The Kier molecular flexibility index (Phi) is 3.60. The summed E-state index contributed by atoms with van der Waals surface area (Å²) >= 11 is 1.52. The number of rotatable bonds is 4. The van der Waals surface area contributed by atoms with Gasteiger partial charge in [0.05, 0.1) is 12.0 Å². The van der Waals surface area contributed by atoms with Gasteiger partial charge in [0.1, 0.15) is 11.5 Å². The van der Waals surface area contributed by atoms with Gasteiger partial charge in [-0.05, 0) is 19.1 Å². The van der Waals surface area contributed by atoms with Crippen LogP contribution >= 0.6 is 11.3 Å². The molecule has 0 spiro atoms. The first-order valence-corrected chi connectivity index (χ1v) is 7.06. The number of nitrogens with one attached hydrogen (secondary N) is 1. The molecule has 0 saturated heterocycles. The summed E-state index contributed by atoms with van der Waals surface area (Å²) in [6.45, 7) is 1.89. The van der Waals surface area contributed by atoms with E-state index in [1.807, 2.05) is 54.8 Å². The third-order valence-corrected chi connectivity index (χ3v) is 3.52. The summed E-state index contributed by atoms with van der Waals surface area (Å²) in [5, 5.41) is 7.03. The van der Waals surface area contributed by atoms with Crippen LogP contribution in [0.1, 0.15) is 12.7 Å². The second-order valence-electron chi connectivity index (χ2n) is 4.19. The number of hydrazone groups is 1. The van der Waals surface area contributed by atoms with Crippen molar-refractivity contribution in [1.29, 1.82) is 0 Å². The third kappa shape index (κ3) is 2.78. The summed E-state index contributed by atoms with van der Waals surface area (Å²) in [6.07, 6.45) is 1.63. The van der Waals surface area contributed by atoms with Gasteiger partial charge in [-0.15, -0.1) is 11.3 Å². The number of benzene rings is 1. The maximum absolute atomic E-state index is 5.27. The zero-order valence-corrected chi connectivity index (χ0v) is 11.7. The van der Waals surface area contributed by atoms with Gasteiger partial charge in [0.25, 0.3) is 0 Å². The summed E-state index contributed by atoms with van der Waals surface area (Å²) in [5.74, 6) is 0.748. The van der Waals surface area contributed by atoms with Gasteiger partial charge in [-0.25, -0.2) is 4.98 Å².